The molecule has 0 aromatic heterocycles. The lowest BCUT2D eigenvalue weighted by Crippen LogP contribution is -2.42. The van der Waals surface area contributed by atoms with E-state index in [1.165, 1.54) is 64.1 Å². The Labute approximate surface area is 165 Å². The van der Waals surface area contributed by atoms with Crippen LogP contribution in [0.15, 0.2) is 12.1 Å². The first-order chi connectivity index (χ1) is 13.6. The monoisotopic (exact) mass is 387 g/mol. The number of hydrogen-bond acceptors (Lipinski definition) is 4. The Hall–Kier alpha value is -1.50. The third-order valence-electron chi connectivity index (χ3n) is 7.80. The van der Waals surface area contributed by atoms with Crippen LogP contribution in [-0.2, 0) is 13.0 Å². The number of rotatable bonds is 3. The van der Waals surface area contributed by atoms with E-state index >= 15 is 0 Å². The van der Waals surface area contributed by atoms with Crippen molar-refractivity contribution in [3.05, 3.63) is 34.6 Å². The molecule has 3 fully saturated rings. The average Bonchev–Trinajstić information content (AvgIpc) is 3.49. The van der Waals surface area contributed by atoms with Crippen molar-refractivity contribution in [2.24, 2.45) is 5.41 Å². The van der Waals surface area contributed by atoms with E-state index in [0.29, 0.717) is 18.0 Å². The van der Waals surface area contributed by atoms with Crippen LogP contribution in [0.5, 0.6) is 0 Å². The molecule has 1 unspecified atom stereocenters. The molecule has 1 amide bonds. The maximum Gasteiger partial charge on any atom is 0.274 e. The van der Waals surface area contributed by atoms with E-state index in [4.69, 9.17) is 5.21 Å². The molecule has 2 heterocycles. The second kappa shape index (κ2) is 7.08. The average molecular weight is 387 g/mol. The number of hydrogen-bond donors (Lipinski definition) is 2. The van der Waals surface area contributed by atoms with Gasteiger partial charge in [-0.3, -0.25) is 14.9 Å². The van der Waals surface area contributed by atoms with Crippen LogP contribution in [-0.4, -0.2) is 52.6 Å². The fraction of sp³-hybridized carbons (Fsp3) is 0.682. The van der Waals surface area contributed by atoms with Gasteiger partial charge in [0.25, 0.3) is 5.91 Å². The number of hydroxylamine groups is 1. The summed E-state index contributed by atoms with van der Waals surface area (Å²) in [6.45, 7) is 4.10. The lowest BCUT2D eigenvalue weighted by molar-refractivity contribution is 0.0705. The van der Waals surface area contributed by atoms with E-state index < -0.39 is 5.91 Å². The predicted octanol–water partition coefficient (Wildman–Crippen LogP) is 3.10. The number of likely N-dealkylation sites (tertiary alicyclic amines) is 1. The summed E-state index contributed by atoms with van der Waals surface area (Å²) >= 11 is 0. The fourth-order valence-corrected chi connectivity index (χ4v) is 5.89. The molecule has 2 aliphatic heterocycles. The zero-order chi connectivity index (χ0) is 19.3. The Bertz CT molecular complexity index is 771. The molecule has 28 heavy (non-hydrogen) atoms. The van der Waals surface area contributed by atoms with Crippen molar-refractivity contribution in [2.75, 3.05) is 19.6 Å². The van der Waals surface area contributed by atoms with E-state index in [1.54, 1.807) is 11.5 Å². The number of fused-ring (bicyclic) bond motifs is 1. The normalized spacial score (nSPS) is 27.7. The number of carbonyl (C=O) groups excluding carboxylic acids is 1. The summed E-state index contributed by atoms with van der Waals surface area (Å²) in [6, 6.07) is 4.41. The second-order valence-electron chi connectivity index (χ2n) is 9.42. The highest BCUT2D eigenvalue weighted by Gasteiger charge is 2.45. The van der Waals surface area contributed by atoms with Gasteiger partial charge in [-0.05, 0) is 87.6 Å². The van der Waals surface area contributed by atoms with Gasteiger partial charge in [0.15, 0.2) is 0 Å². The standard InChI is InChI=1S/C22H30FN3O2/c23-20-12-16(21(27)24-28)11-15-4-8-26(14-19(15)20)18-3-5-22(13-18)6-9-25(10-7-22)17-1-2-17/h11-12,17-18,28H,1-10,13-14H2,(H,24,27). The molecule has 0 bridgehead atoms. The third kappa shape index (κ3) is 3.36. The molecule has 5 nitrogen and oxygen atoms in total. The van der Waals surface area contributed by atoms with Crippen LogP contribution in [0, 0.1) is 11.2 Å². The highest BCUT2D eigenvalue weighted by molar-refractivity contribution is 5.93. The molecule has 4 aliphatic rings. The van der Waals surface area contributed by atoms with Crippen LogP contribution >= 0.6 is 0 Å². The first-order valence-corrected chi connectivity index (χ1v) is 10.8. The van der Waals surface area contributed by atoms with Crippen molar-refractivity contribution in [1.29, 1.82) is 0 Å². The van der Waals surface area contributed by atoms with Gasteiger partial charge in [0.2, 0.25) is 0 Å². The maximum atomic E-state index is 14.7. The largest absolute Gasteiger partial charge is 0.300 e. The van der Waals surface area contributed by atoms with Gasteiger partial charge < -0.3 is 4.90 Å². The van der Waals surface area contributed by atoms with Crippen LogP contribution in [0.3, 0.4) is 0 Å². The molecule has 152 valence electrons. The number of nitrogens with one attached hydrogen (secondary N) is 1. The molecule has 0 radical (unpaired) electrons. The van der Waals surface area contributed by atoms with E-state index in [9.17, 15) is 9.18 Å². The van der Waals surface area contributed by atoms with Crippen molar-refractivity contribution in [3.63, 3.8) is 0 Å². The van der Waals surface area contributed by atoms with Gasteiger partial charge in [-0.15, -0.1) is 0 Å². The Morgan fingerprint density at radius 2 is 1.86 bits per heavy atom. The molecule has 6 heteroatoms. The summed E-state index contributed by atoms with van der Waals surface area (Å²) in [5, 5.41) is 8.81. The van der Waals surface area contributed by atoms with Crippen LogP contribution in [0.4, 0.5) is 4.39 Å². The van der Waals surface area contributed by atoms with E-state index in [0.717, 1.165) is 30.1 Å². The van der Waals surface area contributed by atoms with Crippen LogP contribution in [0.2, 0.25) is 0 Å². The van der Waals surface area contributed by atoms with Crippen molar-refractivity contribution in [3.8, 4) is 0 Å². The number of amides is 1. The minimum atomic E-state index is -0.653. The summed E-state index contributed by atoms with van der Waals surface area (Å²) in [5.41, 5.74) is 3.93. The Balaban J connectivity index is 1.25. The SMILES string of the molecule is O=C(NO)c1cc(F)c2c(c1)CCN(C1CCC3(CCN(C4CC4)CC3)C1)C2. The molecule has 2 saturated carbocycles. The summed E-state index contributed by atoms with van der Waals surface area (Å²) in [6.07, 6.45) is 10.0. The maximum absolute atomic E-state index is 14.7. The Kier molecular flexibility index (Phi) is 4.68. The number of nitrogens with zero attached hydrogens (tertiary/aromatic N) is 2. The summed E-state index contributed by atoms with van der Waals surface area (Å²) in [7, 11) is 0. The first-order valence-electron chi connectivity index (χ1n) is 10.8. The van der Waals surface area contributed by atoms with Crippen molar-refractivity contribution < 1.29 is 14.4 Å². The van der Waals surface area contributed by atoms with Crippen molar-refractivity contribution in [1.82, 2.24) is 15.3 Å². The van der Waals surface area contributed by atoms with Gasteiger partial charge in [0, 0.05) is 36.3 Å². The Morgan fingerprint density at radius 3 is 2.57 bits per heavy atom. The first kappa shape index (κ1) is 18.5. The van der Waals surface area contributed by atoms with Gasteiger partial charge in [-0.2, -0.15) is 0 Å². The highest BCUT2D eigenvalue weighted by atomic mass is 19.1. The fourth-order valence-electron chi connectivity index (χ4n) is 5.89. The summed E-state index contributed by atoms with van der Waals surface area (Å²) in [5.74, 6) is -0.981. The summed E-state index contributed by atoms with van der Waals surface area (Å²) < 4.78 is 14.7. The minimum absolute atomic E-state index is 0.189. The van der Waals surface area contributed by atoms with E-state index in [1.807, 2.05) is 0 Å². The van der Waals surface area contributed by atoms with Gasteiger partial charge in [-0.25, -0.2) is 9.87 Å². The number of piperidine rings is 1. The molecule has 1 aromatic rings. The van der Waals surface area contributed by atoms with Gasteiger partial charge in [0.05, 0.1) is 0 Å². The number of carbonyl (C=O) groups is 1. The molecular weight excluding hydrogens is 357 g/mol. The minimum Gasteiger partial charge on any atom is -0.300 e. The molecule has 1 saturated heterocycles. The molecule has 1 spiro atoms. The molecule has 1 atom stereocenters. The number of halogens is 1. The molecule has 5 rings (SSSR count). The van der Waals surface area contributed by atoms with Gasteiger partial charge in [0.1, 0.15) is 5.82 Å². The quantitative estimate of drug-likeness (QED) is 0.618. The highest BCUT2D eigenvalue weighted by Crippen LogP contribution is 2.49. The number of benzene rings is 1. The van der Waals surface area contributed by atoms with Crippen molar-refractivity contribution in [2.45, 2.75) is 70.0 Å². The lowest BCUT2D eigenvalue weighted by Gasteiger charge is -2.41. The predicted molar refractivity (Wildman–Crippen MR) is 104 cm³/mol. The van der Waals surface area contributed by atoms with Crippen LogP contribution < -0.4 is 5.48 Å². The van der Waals surface area contributed by atoms with Gasteiger partial charge >= 0.3 is 0 Å². The smallest absolute Gasteiger partial charge is 0.274 e. The van der Waals surface area contributed by atoms with E-state index in [-0.39, 0.29) is 11.4 Å². The molecule has 1 aromatic carbocycles. The molecular formula is C22H30FN3O2. The lowest BCUT2D eigenvalue weighted by atomic mass is 9.76. The van der Waals surface area contributed by atoms with Crippen molar-refractivity contribution >= 4 is 5.91 Å². The van der Waals surface area contributed by atoms with E-state index in [2.05, 4.69) is 9.80 Å². The third-order valence-corrected chi connectivity index (χ3v) is 7.80. The molecule has 2 aliphatic carbocycles. The topological polar surface area (TPSA) is 55.8 Å². The van der Waals surface area contributed by atoms with Crippen LogP contribution in [0.1, 0.15) is 66.4 Å². The zero-order valence-corrected chi connectivity index (χ0v) is 16.4. The van der Waals surface area contributed by atoms with Crippen LogP contribution in [0.25, 0.3) is 0 Å². The van der Waals surface area contributed by atoms with Gasteiger partial charge in [-0.1, -0.05) is 0 Å². The molecule has 2 N–H and O–H groups in total. The Morgan fingerprint density at radius 1 is 1.07 bits per heavy atom. The summed E-state index contributed by atoms with van der Waals surface area (Å²) in [4.78, 5) is 16.8. The second-order valence-corrected chi connectivity index (χ2v) is 9.42. The zero-order valence-electron chi connectivity index (χ0n) is 16.4.